The zero-order valence-corrected chi connectivity index (χ0v) is 60.9. The smallest absolute Gasteiger partial charge is 0.462 e. The summed E-state index contributed by atoms with van der Waals surface area (Å²) in [4.78, 5) is 72.6. The van der Waals surface area contributed by atoms with Gasteiger partial charge in [-0.25, -0.2) is 9.13 Å². The van der Waals surface area contributed by atoms with E-state index in [0.717, 1.165) is 102 Å². The van der Waals surface area contributed by atoms with Crippen LogP contribution in [0.4, 0.5) is 0 Å². The lowest BCUT2D eigenvalue weighted by Gasteiger charge is -2.21. The molecule has 0 aliphatic heterocycles. The lowest BCUT2D eigenvalue weighted by molar-refractivity contribution is -0.161. The van der Waals surface area contributed by atoms with Gasteiger partial charge < -0.3 is 33.8 Å². The number of hydrogen-bond donors (Lipinski definition) is 3. The molecule has 0 saturated carbocycles. The average molecular weight is 1340 g/mol. The molecule has 0 saturated heterocycles. The third kappa shape index (κ3) is 66.5. The van der Waals surface area contributed by atoms with Gasteiger partial charge in [-0.1, -0.05) is 318 Å². The SMILES string of the molecule is CCCCCCCCCCCCCCCCCCC(=O)O[C@H](COC(=O)CCCCCCCCCCCC(C)C)COP(=O)(O)OC[C@@H](O)COP(=O)(O)OC[C@@H](COC(=O)CCCCCCCCCCCCC)OC(=O)CCCCCCCCCCCC(C)C. The summed E-state index contributed by atoms with van der Waals surface area (Å²) in [7, 11) is -9.90. The maximum absolute atomic E-state index is 13.0. The second-order valence-electron chi connectivity index (χ2n) is 26.9. The van der Waals surface area contributed by atoms with Crippen molar-refractivity contribution in [2.75, 3.05) is 39.6 Å². The van der Waals surface area contributed by atoms with Crippen LogP contribution in [-0.2, 0) is 65.4 Å². The Labute approximate surface area is 556 Å². The lowest BCUT2D eigenvalue weighted by atomic mass is 10.0. The van der Waals surface area contributed by atoms with Crippen LogP contribution < -0.4 is 0 Å². The summed E-state index contributed by atoms with van der Waals surface area (Å²) in [5.74, 6) is -0.640. The molecule has 91 heavy (non-hydrogen) atoms. The van der Waals surface area contributed by atoms with Crippen molar-refractivity contribution in [2.45, 2.75) is 387 Å². The molecule has 0 aliphatic carbocycles. The fourth-order valence-electron chi connectivity index (χ4n) is 10.9. The largest absolute Gasteiger partial charge is 0.472 e. The van der Waals surface area contributed by atoms with E-state index in [4.69, 9.17) is 37.0 Å². The summed E-state index contributed by atoms with van der Waals surface area (Å²) in [5.41, 5.74) is 0. The van der Waals surface area contributed by atoms with Crippen LogP contribution in [0.5, 0.6) is 0 Å². The number of aliphatic hydroxyl groups is 1. The Hall–Kier alpha value is -1.94. The second kappa shape index (κ2) is 64.1. The number of phosphoric ester groups is 2. The summed E-state index contributed by atoms with van der Waals surface area (Å²) in [6.45, 7) is 9.52. The van der Waals surface area contributed by atoms with Gasteiger partial charge in [-0.15, -0.1) is 0 Å². The minimum Gasteiger partial charge on any atom is -0.462 e. The maximum Gasteiger partial charge on any atom is 0.472 e. The number of esters is 4. The number of aliphatic hydroxyl groups excluding tert-OH is 1. The standard InChI is InChI=1S/C72H140O17P2/c1-7-9-11-13-15-17-19-20-21-22-23-25-31-38-44-50-56-71(76)88-67(61-83-70(75)55-49-43-37-32-26-28-34-40-46-52-64(3)4)62-86-90(78,79)84-58-66(73)59-85-91(80,81)87-63-68(60-82-69(74)54-48-42-36-30-24-18-16-14-12-10-8-2)89-72(77)57-51-45-39-33-27-29-35-41-47-53-65(5)6/h64-68,73H,7-63H2,1-6H3,(H,78,79)(H,80,81)/t66-,67-,68-/m1/s1. The number of carbonyl (C=O) groups excluding carboxylic acids is 4. The number of hydrogen-bond acceptors (Lipinski definition) is 15. The van der Waals surface area contributed by atoms with Crippen molar-refractivity contribution in [1.29, 1.82) is 0 Å². The molecule has 0 radical (unpaired) electrons. The Morgan fingerprint density at radius 1 is 0.297 bits per heavy atom. The first-order valence-corrected chi connectivity index (χ1v) is 40.5. The van der Waals surface area contributed by atoms with E-state index in [1.807, 2.05) is 0 Å². The number of phosphoric acid groups is 2. The fourth-order valence-corrected chi connectivity index (χ4v) is 12.5. The molecule has 5 atom stereocenters. The zero-order chi connectivity index (χ0) is 67.2. The molecular formula is C72H140O17P2. The first-order valence-electron chi connectivity index (χ1n) is 37.5. The molecule has 0 spiro atoms. The van der Waals surface area contributed by atoms with Crippen molar-refractivity contribution in [2.24, 2.45) is 11.8 Å². The van der Waals surface area contributed by atoms with Crippen molar-refractivity contribution in [3.63, 3.8) is 0 Å². The second-order valence-corrected chi connectivity index (χ2v) is 29.8. The highest BCUT2D eigenvalue weighted by atomic mass is 31.2. The van der Waals surface area contributed by atoms with E-state index < -0.39 is 97.5 Å². The molecule has 0 amide bonds. The molecule has 0 fully saturated rings. The molecule has 0 aromatic rings. The normalized spacial score (nSPS) is 14.1. The Morgan fingerprint density at radius 2 is 0.505 bits per heavy atom. The van der Waals surface area contributed by atoms with Gasteiger partial charge in [0.1, 0.15) is 19.3 Å². The van der Waals surface area contributed by atoms with Gasteiger partial charge in [0.15, 0.2) is 12.2 Å². The molecule has 0 aromatic carbocycles. The van der Waals surface area contributed by atoms with Crippen LogP contribution in [0, 0.1) is 11.8 Å². The van der Waals surface area contributed by atoms with Crippen LogP contribution in [0.2, 0.25) is 0 Å². The lowest BCUT2D eigenvalue weighted by Crippen LogP contribution is -2.30. The van der Waals surface area contributed by atoms with Crippen LogP contribution in [0.25, 0.3) is 0 Å². The summed E-state index contributed by atoms with van der Waals surface area (Å²) in [6, 6.07) is 0. The molecule has 0 aromatic heterocycles. The third-order valence-corrected chi connectivity index (χ3v) is 18.6. The summed E-state index contributed by atoms with van der Waals surface area (Å²) in [5, 5.41) is 10.6. The van der Waals surface area contributed by atoms with E-state index in [9.17, 15) is 43.2 Å². The summed E-state index contributed by atoms with van der Waals surface area (Å²) < 4.78 is 68.4. The maximum atomic E-state index is 13.0. The predicted octanol–water partition coefficient (Wildman–Crippen LogP) is 20.8. The number of carbonyl (C=O) groups is 4. The van der Waals surface area contributed by atoms with Gasteiger partial charge in [0.25, 0.3) is 0 Å². The van der Waals surface area contributed by atoms with Crippen molar-refractivity contribution < 1.29 is 80.2 Å². The minimum absolute atomic E-state index is 0.106. The Morgan fingerprint density at radius 3 is 0.747 bits per heavy atom. The van der Waals surface area contributed by atoms with Gasteiger partial charge in [-0.3, -0.25) is 37.3 Å². The van der Waals surface area contributed by atoms with Crippen LogP contribution in [0.1, 0.15) is 369 Å². The topological polar surface area (TPSA) is 237 Å². The highest BCUT2D eigenvalue weighted by molar-refractivity contribution is 7.47. The highest BCUT2D eigenvalue weighted by Crippen LogP contribution is 2.45. The van der Waals surface area contributed by atoms with Gasteiger partial charge >= 0.3 is 39.5 Å². The van der Waals surface area contributed by atoms with Crippen molar-refractivity contribution in [1.82, 2.24) is 0 Å². The van der Waals surface area contributed by atoms with Crippen molar-refractivity contribution >= 4 is 39.5 Å². The predicted molar refractivity (Wildman–Crippen MR) is 368 cm³/mol. The molecule has 540 valence electrons. The monoisotopic (exact) mass is 1340 g/mol. The van der Waals surface area contributed by atoms with Gasteiger partial charge in [-0.05, 0) is 37.5 Å². The molecular weight excluding hydrogens is 1200 g/mol. The molecule has 0 heterocycles. The van der Waals surface area contributed by atoms with Crippen molar-refractivity contribution in [3.05, 3.63) is 0 Å². The highest BCUT2D eigenvalue weighted by Gasteiger charge is 2.30. The Kier molecular flexibility index (Phi) is 62.7. The third-order valence-electron chi connectivity index (χ3n) is 16.7. The van der Waals surface area contributed by atoms with Gasteiger partial charge in [0, 0.05) is 25.7 Å². The molecule has 19 heteroatoms. The van der Waals surface area contributed by atoms with E-state index in [1.165, 1.54) is 186 Å². The molecule has 0 aliphatic rings. The molecule has 3 N–H and O–H groups in total. The van der Waals surface area contributed by atoms with Gasteiger partial charge in [-0.2, -0.15) is 0 Å². The molecule has 0 bridgehead atoms. The molecule has 17 nitrogen and oxygen atoms in total. The van der Waals surface area contributed by atoms with E-state index in [1.54, 1.807) is 0 Å². The fraction of sp³-hybridized carbons (Fsp3) is 0.944. The van der Waals surface area contributed by atoms with E-state index in [-0.39, 0.29) is 25.7 Å². The average Bonchev–Trinajstić information content (AvgIpc) is 3.71. The number of unbranched alkanes of at least 4 members (excludes halogenated alkanes) is 41. The van der Waals surface area contributed by atoms with Crippen molar-refractivity contribution in [3.8, 4) is 0 Å². The first-order chi connectivity index (χ1) is 43.9. The van der Waals surface area contributed by atoms with Crippen LogP contribution in [-0.4, -0.2) is 96.7 Å². The number of rotatable bonds is 71. The first kappa shape index (κ1) is 89.1. The van der Waals surface area contributed by atoms with Crippen LogP contribution in [0.3, 0.4) is 0 Å². The summed E-state index contributed by atoms with van der Waals surface area (Å²) in [6.07, 6.45) is 49.9. The summed E-state index contributed by atoms with van der Waals surface area (Å²) >= 11 is 0. The van der Waals surface area contributed by atoms with E-state index in [0.29, 0.717) is 25.7 Å². The zero-order valence-electron chi connectivity index (χ0n) is 59.1. The van der Waals surface area contributed by atoms with Gasteiger partial charge in [0.2, 0.25) is 0 Å². The van der Waals surface area contributed by atoms with Crippen LogP contribution >= 0.6 is 15.6 Å². The molecule has 0 rings (SSSR count). The van der Waals surface area contributed by atoms with Gasteiger partial charge in [0.05, 0.1) is 26.4 Å². The Bertz CT molecular complexity index is 1770. The molecule has 2 unspecified atom stereocenters. The van der Waals surface area contributed by atoms with E-state index in [2.05, 4.69) is 41.5 Å². The van der Waals surface area contributed by atoms with Crippen LogP contribution in [0.15, 0.2) is 0 Å². The minimum atomic E-state index is -4.95. The number of ether oxygens (including phenoxy) is 4. The Balaban J connectivity index is 5.25. The van der Waals surface area contributed by atoms with E-state index >= 15 is 0 Å². The quantitative estimate of drug-likeness (QED) is 0.0222.